The fourth-order valence-corrected chi connectivity index (χ4v) is 5.73. The Morgan fingerprint density at radius 1 is 1.06 bits per heavy atom. The number of aromatic nitrogens is 3. The third-order valence-corrected chi connectivity index (χ3v) is 8.40. The molecular weight excluding hydrogens is 533 g/mol. The number of aliphatic hydroxyl groups excluding tert-OH is 1. The van der Waals surface area contributed by atoms with E-state index in [1.807, 2.05) is 6.26 Å². The highest BCUT2D eigenvalue weighted by Crippen LogP contribution is 2.35. The van der Waals surface area contributed by atoms with Crippen molar-refractivity contribution in [2.24, 2.45) is 0 Å². The molecule has 0 bridgehead atoms. The number of aliphatic hydroxyl groups is 1. The molecule has 13 heteroatoms. The molecule has 3 rings (SSSR count). The summed E-state index contributed by atoms with van der Waals surface area (Å²) < 4.78 is 40.6. The number of hydrogen-bond donors (Lipinski definition) is 1. The third-order valence-electron chi connectivity index (χ3n) is 5.36. The van der Waals surface area contributed by atoms with Crippen molar-refractivity contribution in [2.75, 3.05) is 25.9 Å². The van der Waals surface area contributed by atoms with Crippen molar-refractivity contribution in [1.29, 1.82) is 0 Å². The first-order valence-electron chi connectivity index (χ1n) is 11.3. The lowest BCUT2D eigenvalue weighted by molar-refractivity contribution is -0.141. The Labute approximate surface area is 221 Å². The van der Waals surface area contributed by atoms with E-state index < -0.39 is 29.2 Å². The monoisotopic (exact) mass is 562 g/mol. The van der Waals surface area contributed by atoms with Gasteiger partial charge in [-0.3, -0.25) is 9.59 Å². The summed E-state index contributed by atoms with van der Waals surface area (Å²) in [6.07, 6.45) is -2.26. The van der Waals surface area contributed by atoms with Gasteiger partial charge in [-0.1, -0.05) is 55.6 Å². The van der Waals surface area contributed by atoms with E-state index >= 15 is 0 Å². The Balaban J connectivity index is 0.000000572. The Kier molecular flexibility index (Phi) is 11.9. The van der Waals surface area contributed by atoms with Crippen LogP contribution in [0.1, 0.15) is 57.0 Å². The number of rotatable bonds is 8. The van der Waals surface area contributed by atoms with Crippen molar-refractivity contribution in [2.45, 2.75) is 60.6 Å². The van der Waals surface area contributed by atoms with Crippen LogP contribution in [-0.4, -0.2) is 62.6 Å². The summed E-state index contributed by atoms with van der Waals surface area (Å²) in [5.74, 6) is -1.72. The number of Topliss-reactive ketones (excluding diaryl/α,β-unsaturated/α-hetero) is 2. The minimum atomic E-state index is -4.67. The van der Waals surface area contributed by atoms with Crippen LogP contribution >= 0.6 is 34.9 Å². The smallest absolute Gasteiger partial charge is 0.433 e. The molecule has 1 aliphatic rings. The Bertz CT molecular complexity index is 1060. The summed E-state index contributed by atoms with van der Waals surface area (Å²) >= 11 is 3.77. The van der Waals surface area contributed by atoms with Gasteiger partial charge in [0, 0.05) is 24.2 Å². The van der Waals surface area contributed by atoms with Crippen molar-refractivity contribution in [1.82, 2.24) is 20.1 Å². The fourth-order valence-electron chi connectivity index (χ4n) is 3.34. The zero-order chi connectivity index (χ0) is 26.9. The second-order valence-corrected chi connectivity index (χ2v) is 10.8. The second kappa shape index (κ2) is 14.1. The van der Waals surface area contributed by atoms with Gasteiger partial charge in [0.05, 0.1) is 5.69 Å². The summed E-state index contributed by atoms with van der Waals surface area (Å²) in [5, 5.41) is 18.4. The zero-order valence-electron chi connectivity index (χ0n) is 20.5. The van der Waals surface area contributed by atoms with Crippen LogP contribution in [0.25, 0.3) is 5.76 Å². The van der Waals surface area contributed by atoms with Crippen LogP contribution in [0.4, 0.5) is 13.2 Å². The largest absolute Gasteiger partial charge is 0.506 e. The molecule has 2 aromatic heterocycles. The van der Waals surface area contributed by atoms with Gasteiger partial charge >= 0.3 is 6.18 Å². The van der Waals surface area contributed by atoms with E-state index in [4.69, 9.17) is 0 Å². The van der Waals surface area contributed by atoms with E-state index in [0.29, 0.717) is 15.1 Å². The maximum atomic E-state index is 13.1. The number of pyridine rings is 1. The molecule has 1 fully saturated rings. The first-order valence-corrected chi connectivity index (χ1v) is 14.4. The summed E-state index contributed by atoms with van der Waals surface area (Å²) in [4.78, 5) is 30.2. The van der Waals surface area contributed by atoms with E-state index in [1.165, 1.54) is 42.7 Å². The van der Waals surface area contributed by atoms with Crippen LogP contribution in [-0.2, 0) is 21.5 Å². The Hall–Kier alpha value is -1.96. The van der Waals surface area contributed by atoms with Gasteiger partial charge in [-0.05, 0) is 44.4 Å². The average Bonchev–Trinajstić information content (AvgIpc) is 3.31. The van der Waals surface area contributed by atoms with Crippen molar-refractivity contribution in [3.8, 4) is 0 Å². The van der Waals surface area contributed by atoms with E-state index in [2.05, 4.69) is 40.9 Å². The minimum Gasteiger partial charge on any atom is -0.506 e. The van der Waals surface area contributed by atoms with Gasteiger partial charge in [0.15, 0.2) is 20.2 Å². The molecule has 0 aliphatic heterocycles. The van der Waals surface area contributed by atoms with E-state index in [1.54, 1.807) is 0 Å². The molecule has 0 aromatic carbocycles. The predicted molar refractivity (Wildman–Crippen MR) is 137 cm³/mol. The molecule has 7 nitrogen and oxygen atoms in total. The number of nitrogens with zero attached hydrogens (tertiary/aromatic N) is 4. The summed E-state index contributed by atoms with van der Waals surface area (Å²) in [7, 11) is 0. The van der Waals surface area contributed by atoms with Gasteiger partial charge in [0.2, 0.25) is 0 Å². The number of carbonyl (C=O) groups is 2. The van der Waals surface area contributed by atoms with Crippen LogP contribution < -0.4 is 0 Å². The molecule has 0 spiro atoms. The Morgan fingerprint density at radius 2 is 1.64 bits per heavy atom. The van der Waals surface area contributed by atoms with Gasteiger partial charge in [-0.2, -0.15) is 13.2 Å². The highest BCUT2D eigenvalue weighted by atomic mass is 32.2. The van der Waals surface area contributed by atoms with Gasteiger partial charge in [-0.25, -0.2) is 4.98 Å². The zero-order valence-corrected chi connectivity index (χ0v) is 23.0. The fraction of sp³-hybridized carbons (Fsp3) is 0.522. The molecule has 0 saturated heterocycles. The number of hydrogen-bond acceptors (Lipinski definition) is 10. The maximum absolute atomic E-state index is 13.1. The van der Waals surface area contributed by atoms with E-state index in [-0.39, 0.29) is 35.4 Å². The lowest BCUT2D eigenvalue weighted by atomic mass is 9.89. The van der Waals surface area contributed by atoms with Crippen molar-refractivity contribution >= 4 is 52.2 Å². The van der Waals surface area contributed by atoms with Gasteiger partial charge < -0.3 is 10.0 Å². The first-order chi connectivity index (χ1) is 17.0. The predicted octanol–water partition coefficient (Wildman–Crippen LogP) is 5.91. The molecule has 198 valence electrons. The number of ketones is 2. The maximum Gasteiger partial charge on any atom is 0.433 e. The molecule has 2 aromatic rings. The summed E-state index contributed by atoms with van der Waals surface area (Å²) in [6, 6.07) is 1.76. The van der Waals surface area contributed by atoms with Crippen LogP contribution in [0.5, 0.6) is 0 Å². The quantitative estimate of drug-likeness (QED) is 0.182. The van der Waals surface area contributed by atoms with Gasteiger partial charge in [0.25, 0.3) is 0 Å². The van der Waals surface area contributed by atoms with Crippen molar-refractivity contribution in [3.63, 3.8) is 0 Å². The van der Waals surface area contributed by atoms with Crippen molar-refractivity contribution < 1.29 is 27.9 Å². The normalized spacial score (nSPS) is 14.2. The van der Waals surface area contributed by atoms with Crippen LogP contribution in [0, 0.1) is 0 Å². The molecule has 0 amide bonds. The van der Waals surface area contributed by atoms with Gasteiger partial charge in [-0.15, -0.1) is 10.2 Å². The lowest BCUT2D eigenvalue weighted by Crippen LogP contribution is -2.21. The molecular formula is C23H29F3N4O3S3. The third kappa shape index (κ3) is 8.29. The average molecular weight is 563 g/mol. The van der Waals surface area contributed by atoms with Crippen molar-refractivity contribution in [3.05, 3.63) is 34.7 Å². The summed E-state index contributed by atoms with van der Waals surface area (Å²) in [6.45, 7) is 10.1. The number of thioether (sulfide) groups is 2. The molecule has 1 saturated carbocycles. The van der Waals surface area contributed by atoms with E-state index in [0.717, 1.165) is 23.9 Å². The molecule has 0 atom stereocenters. The van der Waals surface area contributed by atoms with Gasteiger partial charge in [0.1, 0.15) is 17.0 Å². The molecule has 0 unspecified atom stereocenters. The molecule has 1 N–H and O–H groups in total. The van der Waals surface area contributed by atoms with Crippen LogP contribution in [0.2, 0.25) is 0 Å². The molecule has 1 aliphatic carbocycles. The number of alkyl halides is 3. The van der Waals surface area contributed by atoms with Crippen LogP contribution in [0.3, 0.4) is 0 Å². The molecule has 36 heavy (non-hydrogen) atoms. The highest BCUT2D eigenvalue weighted by Gasteiger charge is 2.34. The Morgan fingerprint density at radius 3 is 2.11 bits per heavy atom. The SMILES string of the molecule is CCN(CC)CC.CSc1nnc(SCc2nc(C(F)(F)F)ccc2C(O)=C2C(=O)CCCC2=O)s1. The first kappa shape index (κ1) is 30.3. The van der Waals surface area contributed by atoms with E-state index in [9.17, 15) is 27.9 Å². The summed E-state index contributed by atoms with van der Waals surface area (Å²) in [5.41, 5.74) is -1.66. The van der Waals surface area contributed by atoms with Crippen LogP contribution in [0.15, 0.2) is 26.4 Å². The second-order valence-electron chi connectivity index (χ2n) is 7.56. The lowest BCUT2D eigenvalue weighted by Gasteiger charge is -2.16. The highest BCUT2D eigenvalue weighted by molar-refractivity contribution is 8.02. The molecule has 0 radical (unpaired) electrons. The standard InChI is InChI=1S/C17H14F3N3O3S3.C6H15N/c1-27-15-22-23-16(29-15)28-7-9-8(5-6-12(21-9)17(18,19)20)14(26)13-10(24)3-2-4-11(13)25;1-4-7(5-2)6-3/h5-6,26H,2-4,7H2,1H3;4-6H2,1-3H3. The topological polar surface area (TPSA) is 96.3 Å². The number of allylic oxidation sites excluding steroid dienone is 1. The molecule has 2 heterocycles. The number of halogens is 3. The number of carbonyl (C=O) groups excluding carboxylic acids is 2. The minimum absolute atomic E-state index is 0.0536.